The van der Waals surface area contributed by atoms with Crippen LogP contribution < -0.4 is 11.1 Å². The minimum atomic E-state index is -0.0199. The maximum atomic E-state index is 11.6. The van der Waals surface area contributed by atoms with Gasteiger partial charge in [0.25, 0.3) is 0 Å². The van der Waals surface area contributed by atoms with Crippen molar-refractivity contribution in [3.8, 4) is 0 Å². The van der Waals surface area contributed by atoms with Gasteiger partial charge in [-0.2, -0.15) is 0 Å². The topological polar surface area (TPSA) is 96.0 Å². The van der Waals surface area contributed by atoms with Gasteiger partial charge >= 0.3 is 0 Å². The number of aliphatic imine (C=N–C) groups is 2. The second-order valence-corrected chi connectivity index (χ2v) is 7.83. The number of amidine groups is 2. The monoisotopic (exact) mass is 410 g/mol. The molecule has 29 heavy (non-hydrogen) atoms. The molecule has 8 heteroatoms. The number of hydrogen-bond acceptors (Lipinski definition) is 5. The largest absolute Gasteiger partial charge is 0.384 e. The molecule has 0 radical (unpaired) electrons. The van der Waals surface area contributed by atoms with Crippen molar-refractivity contribution in [3.05, 3.63) is 54.9 Å². The fourth-order valence-electron chi connectivity index (χ4n) is 3.12. The van der Waals surface area contributed by atoms with E-state index in [9.17, 15) is 4.79 Å². The minimum Gasteiger partial charge on any atom is -0.384 e. The van der Waals surface area contributed by atoms with Gasteiger partial charge in [-0.25, -0.2) is 9.98 Å². The number of pyridine rings is 1. The number of carbonyl (C=O) groups excluding carboxylic acids is 1. The van der Waals surface area contributed by atoms with Crippen LogP contribution in [-0.2, 0) is 4.79 Å². The Balaban J connectivity index is 1.52. The highest BCUT2D eigenvalue weighted by Gasteiger charge is 2.20. The van der Waals surface area contributed by atoms with Gasteiger partial charge in [-0.3, -0.25) is 9.79 Å². The van der Waals surface area contributed by atoms with E-state index in [4.69, 9.17) is 5.73 Å². The number of thioether (sulfide) groups is 1. The van der Waals surface area contributed by atoms with E-state index in [0.29, 0.717) is 18.9 Å². The van der Waals surface area contributed by atoms with Crippen LogP contribution in [0.3, 0.4) is 0 Å². The predicted octanol–water partition coefficient (Wildman–Crippen LogP) is 2.99. The molecule has 0 spiro atoms. The number of rotatable bonds is 5. The van der Waals surface area contributed by atoms with E-state index in [0.717, 1.165) is 40.7 Å². The third-order valence-electron chi connectivity index (χ3n) is 4.62. The van der Waals surface area contributed by atoms with Crippen molar-refractivity contribution in [2.45, 2.75) is 30.8 Å². The lowest BCUT2D eigenvalue weighted by Crippen LogP contribution is -2.39. The van der Waals surface area contributed by atoms with E-state index in [1.807, 2.05) is 31.2 Å². The average molecular weight is 411 g/mol. The highest BCUT2D eigenvalue weighted by Crippen LogP contribution is 2.28. The zero-order valence-electron chi connectivity index (χ0n) is 16.5. The van der Waals surface area contributed by atoms with Crippen molar-refractivity contribution in [3.63, 3.8) is 0 Å². The Morgan fingerprint density at radius 2 is 2.24 bits per heavy atom. The molecule has 1 fully saturated rings. The molecule has 2 aliphatic rings. The van der Waals surface area contributed by atoms with Crippen molar-refractivity contribution in [2.24, 2.45) is 15.7 Å². The van der Waals surface area contributed by atoms with Gasteiger partial charge in [-0.15, -0.1) is 0 Å². The lowest BCUT2D eigenvalue weighted by atomic mass is 10.1. The van der Waals surface area contributed by atoms with Gasteiger partial charge in [0.05, 0.1) is 17.5 Å². The molecule has 2 aliphatic heterocycles. The number of amides is 1. The van der Waals surface area contributed by atoms with Gasteiger partial charge in [0.2, 0.25) is 5.91 Å². The molecule has 152 valence electrons. The lowest BCUT2D eigenvalue weighted by molar-refractivity contribution is -0.126. The van der Waals surface area contributed by atoms with Crippen LogP contribution >= 0.6 is 11.8 Å². The first kappa shape index (κ1) is 20.9. The Morgan fingerprint density at radius 3 is 3.00 bits per heavy atom. The van der Waals surface area contributed by atoms with Crippen LogP contribution in [0.1, 0.15) is 19.8 Å². The lowest BCUT2D eigenvalue weighted by Gasteiger charge is -2.29. The molecule has 0 unspecified atom stereocenters. The SMILES string of the molecule is C=CC(=O)N1CCC(N=C(N)/C=C(C)\C=C\N=C2CSc3ncccc3N2)CC1. The summed E-state index contributed by atoms with van der Waals surface area (Å²) in [5.74, 6) is 2.13. The minimum absolute atomic E-state index is 0.0199. The number of anilines is 1. The quantitative estimate of drug-likeness (QED) is 0.337. The normalized spacial score (nSPS) is 19.9. The number of nitrogens with one attached hydrogen (secondary N) is 1. The van der Waals surface area contributed by atoms with Crippen LogP contribution in [0.15, 0.2) is 69.9 Å². The number of nitrogens with zero attached hydrogens (tertiary/aromatic N) is 4. The van der Waals surface area contributed by atoms with Crippen LogP contribution in [0, 0.1) is 0 Å². The van der Waals surface area contributed by atoms with Crippen molar-refractivity contribution in [1.82, 2.24) is 9.88 Å². The summed E-state index contributed by atoms with van der Waals surface area (Å²) in [5.41, 5.74) is 8.04. The van der Waals surface area contributed by atoms with Crippen LogP contribution in [0.25, 0.3) is 0 Å². The summed E-state index contributed by atoms with van der Waals surface area (Å²) in [4.78, 5) is 26.8. The standard InChI is InChI=1S/C21H26N6OS/c1-3-20(28)27-11-7-16(8-12-27)25-18(22)13-15(2)6-10-23-19-14-29-21-17(26-19)5-4-9-24-21/h3-6,9-10,13,16H,1,7-8,11-12,14H2,2H3,(H2,22,25)(H,23,26)/b10-6+,15-13-. The van der Waals surface area contributed by atoms with Gasteiger partial charge in [-0.1, -0.05) is 18.3 Å². The molecule has 0 bridgehead atoms. The zero-order valence-corrected chi connectivity index (χ0v) is 17.4. The molecule has 1 saturated heterocycles. The second kappa shape index (κ2) is 10.1. The number of hydrogen-bond donors (Lipinski definition) is 2. The molecule has 3 heterocycles. The van der Waals surface area contributed by atoms with E-state index in [-0.39, 0.29) is 11.9 Å². The van der Waals surface area contributed by atoms with Gasteiger partial charge in [0.1, 0.15) is 16.7 Å². The number of piperidine rings is 1. The molecule has 0 aromatic carbocycles. The summed E-state index contributed by atoms with van der Waals surface area (Å²) in [6, 6.07) is 4.05. The van der Waals surface area contributed by atoms with E-state index in [1.165, 1.54) is 6.08 Å². The van der Waals surface area contributed by atoms with Gasteiger partial charge in [0.15, 0.2) is 0 Å². The summed E-state index contributed by atoms with van der Waals surface area (Å²) in [6.45, 7) is 6.88. The molecule has 3 N–H and O–H groups in total. The molecule has 7 nitrogen and oxygen atoms in total. The summed E-state index contributed by atoms with van der Waals surface area (Å²) < 4.78 is 0. The number of fused-ring (bicyclic) bond motifs is 1. The van der Waals surface area contributed by atoms with Crippen molar-refractivity contribution in [1.29, 1.82) is 0 Å². The number of carbonyl (C=O) groups is 1. The molecule has 0 saturated carbocycles. The third kappa shape index (κ3) is 6.05. The second-order valence-electron chi connectivity index (χ2n) is 6.86. The first-order valence-electron chi connectivity index (χ1n) is 9.56. The van der Waals surface area contributed by atoms with Gasteiger partial charge in [-0.05, 0) is 55.7 Å². The third-order valence-corrected chi connectivity index (χ3v) is 5.64. The Labute approximate surface area is 175 Å². The van der Waals surface area contributed by atoms with E-state index in [1.54, 1.807) is 29.1 Å². The van der Waals surface area contributed by atoms with Crippen LogP contribution in [0.4, 0.5) is 5.69 Å². The van der Waals surface area contributed by atoms with E-state index < -0.39 is 0 Å². The van der Waals surface area contributed by atoms with Gasteiger partial charge < -0.3 is 16.0 Å². The van der Waals surface area contributed by atoms with E-state index >= 15 is 0 Å². The fraction of sp³-hybridized carbons (Fsp3) is 0.333. The Bertz CT molecular complexity index is 881. The maximum Gasteiger partial charge on any atom is 0.245 e. The first-order chi connectivity index (χ1) is 14.0. The van der Waals surface area contributed by atoms with Crippen LogP contribution in [0.5, 0.6) is 0 Å². The number of nitrogens with two attached hydrogens (primary N) is 1. The molecule has 0 aliphatic carbocycles. The van der Waals surface area contributed by atoms with Crippen molar-refractivity contribution >= 4 is 35.0 Å². The van der Waals surface area contributed by atoms with Crippen LogP contribution in [-0.4, -0.2) is 52.3 Å². The Kier molecular flexibility index (Phi) is 7.24. The molecule has 3 rings (SSSR count). The molecule has 0 atom stereocenters. The van der Waals surface area contributed by atoms with Gasteiger partial charge in [0, 0.05) is 25.5 Å². The summed E-state index contributed by atoms with van der Waals surface area (Å²) >= 11 is 1.67. The Hall–Kier alpha value is -2.87. The number of allylic oxidation sites excluding steroid dienone is 2. The number of likely N-dealkylation sites (tertiary alicyclic amines) is 1. The smallest absolute Gasteiger partial charge is 0.245 e. The highest BCUT2D eigenvalue weighted by atomic mass is 32.2. The Morgan fingerprint density at radius 1 is 1.45 bits per heavy atom. The van der Waals surface area contributed by atoms with Crippen molar-refractivity contribution in [2.75, 3.05) is 24.2 Å². The number of aromatic nitrogens is 1. The fourth-order valence-corrected chi connectivity index (χ4v) is 3.95. The summed E-state index contributed by atoms with van der Waals surface area (Å²) in [5, 5.41) is 4.29. The molecule has 1 aromatic heterocycles. The van der Waals surface area contributed by atoms with Crippen molar-refractivity contribution < 1.29 is 4.79 Å². The van der Waals surface area contributed by atoms with E-state index in [2.05, 4.69) is 26.9 Å². The summed E-state index contributed by atoms with van der Waals surface area (Å²) in [7, 11) is 0. The molecular formula is C21H26N6OS. The maximum absolute atomic E-state index is 11.6. The first-order valence-corrected chi connectivity index (χ1v) is 10.5. The summed E-state index contributed by atoms with van der Waals surface area (Å²) in [6.07, 6.45) is 10.3. The predicted molar refractivity (Wildman–Crippen MR) is 120 cm³/mol. The average Bonchev–Trinajstić information content (AvgIpc) is 2.73. The zero-order chi connectivity index (χ0) is 20.6. The molecular weight excluding hydrogens is 384 g/mol. The van der Waals surface area contributed by atoms with Crippen LogP contribution in [0.2, 0.25) is 0 Å². The molecule has 1 aromatic rings. The molecule has 1 amide bonds. The highest BCUT2D eigenvalue weighted by molar-refractivity contribution is 8.00.